The highest BCUT2D eigenvalue weighted by Gasteiger charge is 2.36. The number of nitro benzene ring substituents is 1. The smallest absolute Gasteiger partial charge is 0.417 e. The molecular weight excluding hydrogens is 497 g/mol. The Balaban J connectivity index is 1.54. The van der Waals surface area contributed by atoms with Gasteiger partial charge in [-0.3, -0.25) is 10.1 Å². The van der Waals surface area contributed by atoms with Crippen LogP contribution in [0.25, 0.3) is 28.0 Å². The van der Waals surface area contributed by atoms with Gasteiger partial charge in [0.2, 0.25) is 0 Å². The summed E-state index contributed by atoms with van der Waals surface area (Å²) in [6, 6.07) is 20.9. The van der Waals surface area contributed by atoms with Gasteiger partial charge in [-0.05, 0) is 67.4 Å². The highest BCUT2D eigenvalue weighted by molar-refractivity contribution is 5.87. The molecule has 0 aliphatic carbocycles. The van der Waals surface area contributed by atoms with Crippen LogP contribution in [0.15, 0.2) is 78.9 Å². The molecule has 0 unspecified atom stereocenters. The van der Waals surface area contributed by atoms with Gasteiger partial charge >= 0.3 is 6.18 Å². The van der Waals surface area contributed by atoms with Crippen molar-refractivity contribution in [2.75, 3.05) is 0 Å². The Morgan fingerprint density at radius 1 is 0.974 bits per heavy atom. The molecule has 0 amide bonds. The molecule has 5 aromatic rings. The number of alkyl halides is 3. The average Bonchev–Trinajstić information content (AvgIpc) is 3.23. The van der Waals surface area contributed by atoms with Gasteiger partial charge in [0.15, 0.2) is 5.65 Å². The summed E-state index contributed by atoms with van der Waals surface area (Å²) in [5.41, 5.74) is 2.21. The first-order valence-corrected chi connectivity index (χ1v) is 11.6. The van der Waals surface area contributed by atoms with E-state index in [1.807, 2.05) is 31.2 Å². The molecule has 0 aliphatic heterocycles. The lowest BCUT2D eigenvalue weighted by atomic mass is 10.0. The van der Waals surface area contributed by atoms with E-state index in [9.17, 15) is 23.3 Å². The van der Waals surface area contributed by atoms with Crippen LogP contribution >= 0.6 is 0 Å². The highest BCUT2D eigenvalue weighted by atomic mass is 19.4. The molecule has 0 N–H and O–H groups in total. The summed E-state index contributed by atoms with van der Waals surface area (Å²) >= 11 is 0. The summed E-state index contributed by atoms with van der Waals surface area (Å²) in [7, 11) is 0. The summed E-state index contributed by atoms with van der Waals surface area (Å²) < 4.78 is 49.6. The van der Waals surface area contributed by atoms with Gasteiger partial charge in [0, 0.05) is 17.7 Å². The third-order valence-corrected chi connectivity index (χ3v) is 6.23. The lowest BCUT2D eigenvalue weighted by Crippen LogP contribution is -2.08. The van der Waals surface area contributed by atoms with Crippen LogP contribution in [0.1, 0.15) is 22.4 Å². The molecule has 2 aromatic heterocycles. The average molecular weight is 518 g/mol. The van der Waals surface area contributed by atoms with Crippen LogP contribution in [0.3, 0.4) is 0 Å². The molecule has 5 rings (SSSR count). The standard InChI is InChI=1S/C28H21F3N4O3/c1-17-5-3-4-6-20(17)16-38-23-13-7-19(8-14-23)25-15-24(28(29,30)31)26-18(2)33-34(27(26)32-25)21-9-11-22(12-10-21)35(36)37/h3-15H,16H2,1-2H3. The second kappa shape index (κ2) is 9.62. The van der Waals surface area contributed by atoms with Gasteiger partial charge in [0.25, 0.3) is 5.69 Å². The van der Waals surface area contributed by atoms with Gasteiger partial charge in [-0.2, -0.15) is 18.3 Å². The van der Waals surface area contributed by atoms with Gasteiger partial charge in [0.05, 0.1) is 32.9 Å². The van der Waals surface area contributed by atoms with E-state index in [0.717, 1.165) is 17.2 Å². The van der Waals surface area contributed by atoms with Crippen molar-refractivity contribution in [3.63, 3.8) is 0 Å². The quantitative estimate of drug-likeness (QED) is 0.175. The van der Waals surface area contributed by atoms with Crippen LogP contribution in [0.2, 0.25) is 0 Å². The third-order valence-electron chi connectivity index (χ3n) is 6.23. The molecule has 7 nitrogen and oxygen atoms in total. The van der Waals surface area contributed by atoms with Gasteiger partial charge in [0.1, 0.15) is 12.4 Å². The molecule has 0 fully saturated rings. The number of halogens is 3. The molecule has 0 bridgehead atoms. The first-order valence-electron chi connectivity index (χ1n) is 11.6. The molecule has 38 heavy (non-hydrogen) atoms. The SMILES string of the molecule is Cc1ccccc1COc1ccc(-c2cc(C(F)(F)F)c3c(C)nn(-c4ccc([N+](=O)[O-])cc4)c3n2)cc1. The lowest BCUT2D eigenvalue weighted by Gasteiger charge is -2.13. The number of hydrogen-bond donors (Lipinski definition) is 0. The fourth-order valence-corrected chi connectivity index (χ4v) is 4.21. The number of benzene rings is 3. The van der Waals surface area contributed by atoms with E-state index < -0.39 is 16.7 Å². The van der Waals surface area contributed by atoms with Crippen LogP contribution in [-0.2, 0) is 12.8 Å². The summed E-state index contributed by atoms with van der Waals surface area (Å²) in [6.45, 7) is 3.83. The monoisotopic (exact) mass is 518 g/mol. The van der Waals surface area contributed by atoms with E-state index in [0.29, 0.717) is 23.6 Å². The normalized spacial score (nSPS) is 11.6. The summed E-state index contributed by atoms with van der Waals surface area (Å²) in [6.07, 6.45) is -4.65. The van der Waals surface area contributed by atoms with Crippen molar-refractivity contribution in [1.29, 1.82) is 0 Å². The largest absolute Gasteiger partial charge is 0.489 e. The molecule has 0 saturated carbocycles. The summed E-state index contributed by atoms with van der Waals surface area (Å²) in [4.78, 5) is 15.0. The van der Waals surface area contributed by atoms with E-state index in [1.165, 1.54) is 35.9 Å². The van der Waals surface area contributed by atoms with E-state index in [-0.39, 0.29) is 28.1 Å². The number of hydrogen-bond acceptors (Lipinski definition) is 5. The van der Waals surface area contributed by atoms with Crippen LogP contribution in [0.4, 0.5) is 18.9 Å². The number of rotatable bonds is 6. The molecule has 2 heterocycles. The van der Waals surface area contributed by atoms with Crippen molar-refractivity contribution >= 4 is 16.7 Å². The summed E-state index contributed by atoms with van der Waals surface area (Å²) in [5.74, 6) is 0.570. The van der Waals surface area contributed by atoms with Gasteiger partial charge < -0.3 is 4.74 Å². The molecular formula is C28H21F3N4O3. The van der Waals surface area contributed by atoms with E-state index >= 15 is 0 Å². The van der Waals surface area contributed by atoms with Crippen LogP contribution in [0, 0.1) is 24.0 Å². The molecule has 0 aliphatic rings. The molecule has 0 spiro atoms. The summed E-state index contributed by atoms with van der Waals surface area (Å²) in [5, 5.41) is 15.2. The predicted octanol–water partition coefficient (Wildman–Crippen LogP) is 7.21. The Labute approximate surface area is 215 Å². The molecule has 0 atom stereocenters. The van der Waals surface area contributed by atoms with Gasteiger partial charge in [-0.1, -0.05) is 24.3 Å². The second-order valence-electron chi connectivity index (χ2n) is 8.76. The van der Waals surface area contributed by atoms with Crippen LogP contribution < -0.4 is 4.74 Å². The minimum absolute atomic E-state index is 0.000979. The zero-order valence-corrected chi connectivity index (χ0v) is 20.4. The number of aromatic nitrogens is 3. The number of non-ortho nitro benzene ring substituents is 1. The molecule has 3 aromatic carbocycles. The van der Waals surface area contributed by atoms with Gasteiger partial charge in [-0.15, -0.1) is 0 Å². The Morgan fingerprint density at radius 3 is 2.29 bits per heavy atom. The van der Waals surface area contributed by atoms with Crippen molar-refractivity contribution in [1.82, 2.24) is 14.8 Å². The Kier molecular flexibility index (Phi) is 6.31. The minimum Gasteiger partial charge on any atom is -0.489 e. The van der Waals surface area contributed by atoms with Crippen LogP contribution in [0.5, 0.6) is 5.75 Å². The number of fused-ring (bicyclic) bond motifs is 1. The Morgan fingerprint density at radius 2 is 1.66 bits per heavy atom. The molecule has 0 radical (unpaired) electrons. The van der Waals surface area contributed by atoms with E-state index in [2.05, 4.69) is 10.1 Å². The fourth-order valence-electron chi connectivity index (χ4n) is 4.21. The zero-order valence-electron chi connectivity index (χ0n) is 20.4. The maximum atomic E-state index is 14.1. The maximum Gasteiger partial charge on any atom is 0.417 e. The highest BCUT2D eigenvalue weighted by Crippen LogP contribution is 2.39. The minimum atomic E-state index is -4.65. The van der Waals surface area contributed by atoms with Crippen molar-refractivity contribution in [2.24, 2.45) is 0 Å². The maximum absolute atomic E-state index is 14.1. The van der Waals surface area contributed by atoms with E-state index in [1.54, 1.807) is 24.3 Å². The number of nitro groups is 1. The van der Waals surface area contributed by atoms with Gasteiger partial charge in [-0.25, -0.2) is 9.67 Å². The molecule has 0 saturated heterocycles. The van der Waals surface area contributed by atoms with Crippen LogP contribution in [-0.4, -0.2) is 19.7 Å². The second-order valence-corrected chi connectivity index (χ2v) is 8.76. The van der Waals surface area contributed by atoms with Crippen molar-refractivity contribution in [3.05, 3.63) is 111 Å². The number of pyridine rings is 1. The van der Waals surface area contributed by atoms with Crippen molar-refractivity contribution < 1.29 is 22.8 Å². The predicted molar refractivity (Wildman–Crippen MR) is 136 cm³/mol. The first-order chi connectivity index (χ1) is 18.1. The number of nitrogens with zero attached hydrogens (tertiary/aromatic N) is 4. The molecule has 192 valence electrons. The first kappa shape index (κ1) is 24.9. The van der Waals surface area contributed by atoms with E-state index in [4.69, 9.17) is 4.74 Å². The third kappa shape index (κ3) is 4.80. The number of aryl methyl sites for hydroxylation is 2. The molecule has 10 heteroatoms. The Bertz CT molecular complexity index is 1640. The fraction of sp³-hybridized carbons (Fsp3) is 0.143. The Hall–Kier alpha value is -4.73. The van der Waals surface area contributed by atoms with Crippen molar-refractivity contribution in [3.8, 4) is 22.7 Å². The number of ether oxygens (including phenoxy) is 1. The zero-order chi connectivity index (χ0) is 27.0. The van der Waals surface area contributed by atoms with Crippen molar-refractivity contribution in [2.45, 2.75) is 26.6 Å². The topological polar surface area (TPSA) is 83.1 Å². The lowest BCUT2D eigenvalue weighted by molar-refractivity contribution is -0.384.